The van der Waals surface area contributed by atoms with E-state index < -0.39 is 30.1 Å². The van der Waals surface area contributed by atoms with Crippen molar-refractivity contribution in [1.82, 2.24) is 16.2 Å². The van der Waals surface area contributed by atoms with E-state index in [2.05, 4.69) is 16.2 Å². The van der Waals surface area contributed by atoms with Gasteiger partial charge in [0.05, 0.1) is 22.7 Å². The van der Waals surface area contributed by atoms with E-state index >= 15 is 0 Å². The minimum absolute atomic E-state index is 0.176. The maximum Gasteiger partial charge on any atom is 0.271 e. The highest BCUT2D eigenvalue weighted by Gasteiger charge is 2.13. The van der Waals surface area contributed by atoms with Crippen LogP contribution in [-0.4, -0.2) is 24.3 Å². The molecule has 0 spiro atoms. The summed E-state index contributed by atoms with van der Waals surface area (Å²) < 4.78 is 13.4. The molecular formula is C16H13ClFN3O3. The summed E-state index contributed by atoms with van der Waals surface area (Å²) in [6.45, 7) is -0.435. The Morgan fingerprint density at radius 3 is 2.17 bits per heavy atom. The Balaban J connectivity index is 1.82. The highest BCUT2D eigenvalue weighted by atomic mass is 35.5. The van der Waals surface area contributed by atoms with E-state index in [1.807, 2.05) is 0 Å². The van der Waals surface area contributed by atoms with Gasteiger partial charge in [-0.3, -0.25) is 25.2 Å². The Morgan fingerprint density at radius 1 is 0.875 bits per heavy atom. The van der Waals surface area contributed by atoms with Gasteiger partial charge in [0, 0.05) is 0 Å². The zero-order valence-electron chi connectivity index (χ0n) is 12.3. The van der Waals surface area contributed by atoms with Gasteiger partial charge in [-0.05, 0) is 24.3 Å². The quantitative estimate of drug-likeness (QED) is 0.734. The van der Waals surface area contributed by atoms with Crippen LogP contribution >= 0.6 is 11.6 Å². The summed E-state index contributed by atoms with van der Waals surface area (Å²) in [4.78, 5) is 35.2. The number of hydrazine groups is 1. The van der Waals surface area contributed by atoms with Crippen molar-refractivity contribution in [3.05, 3.63) is 70.5 Å². The molecule has 0 aliphatic heterocycles. The Morgan fingerprint density at radius 2 is 1.50 bits per heavy atom. The molecule has 0 saturated heterocycles. The van der Waals surface area contributed by atoms with Crippen LogP contribution in [-0.2, 0) is 4.79 Å². The van der Waals surface area contributed by atoms with E-state index in [1.165, 1.54) is 30.3 Å². The third-order valence-corrected chi connectivity index (χ3v) is 3.29. The van der Waals surface area contributed by atoms with Crippen LogP contribution in [0.2, 0.25) is 5.02 Å². The van der Waals surface area contributed by atoms with Crippen molar-refractivity contribution in [1.29, 1.82) is 0 Å². The molecule has 124 valence electrons. The lowest BCUT2D eigenvalue weighted by molar-refractivity contribution is -0.120. The molecule has 2 aromatic carbocycles. The first-order valence-electron chi connectivity index (χ1n) is 6.85. The van der Waals surface area contributed by atoms with Gasteiger partial charge >= 0.3 is 0 Å². The molecule has 0 fully saturated rings. The predicted molar refractivity (Wildman–Crippen MR) is 85.8 cm³/mol. The summed E-state index contributed by atoms with van der Waals surface area (Å²) in [5.41, 5.74) is 4.30. The van der Waals surface area contributed by atoms with Crippen molar-refractivity contribution < 1.29 is 18.8 Å². The molecule has 3 N–H and O–H groups in total. The van der Waals surface area contributed by atoms with Crippen LogP contribution in [0.5, 0.6) is 0 Å². The predicted octanol–water partition coefficient (Wildman–Crippen LogP) is 1.67. The van der Waals surface area contributed by atoms with Crippen LogP contribution in [0.15, 0.2) is 48.5 Å². The molecule has 8 heteroatoms. The van der Waals surface area contributed by atoms with Gasteiger partial charge in [-0.1, -0.05) is 35.9 Å². The molecule has 24 heavy (non-hydrogen) atoms. The zero-order valence-corrected chi connectivity index (χ0v) is 13.1. The lowest BCUT2D eigenvalue weighted by Gasteiger charge is -2.09. The molecule has 0 unspecified atom stereocenters. The number of carbonyl (C=O) groups is 3. The minimum atomic E-state index is -0.735. The molecule has 3 amide bonds. The number of hydrogen-bond donors (Lipinski definition) is 3. The molecule has 0 bridgehead atoms. The summed E-state index contributed by atoms with van der Waals surface area (Å²) in [6, 6.07) is 11.7. The first kappa shape index (κ1) is 17.4. The van der Waals surface area contributed by atoms with Crippen LogP contribution in [0.25, 0.3) is 0 Å². The average molecular weight is 350 g/mol. The molecule has 2 aromatic rings. The van der Waals surface area contributed by atoms with Crippen molar-refractivity contribution in [3.63, 3.8) is 0 Å². The van der Waals surface area contributed by atoms with Gasteiger partial charge in [0.15, 0.2) is 0 Å². The van der Waals surface area contributed by atoms with Crippen LogP contribution in [0.4, 0.5) is 4.39 Å². The first-order valence-corrected chi connectivity index (χ1v) is 7.23. The smallest absolute Gasteiger partial charge is 0.271 e. The Labute approximate surface area is 142 Å². The number of rotatable bonds is 4. The number of nitrogens with one attached hydrogen (secondary N) is 3. The minimum Gasteiger partial charge on any atom is -0.343 e. The molecule has 0 saturated carbocycles. The molecule has 6 nitrogen and oxygen atoms in total. The molecule has 0 heterocycles. The topological polar surface area (TPSA) is 87.3 Å². The van der Waals surface area contributed by atoms with Crippen molar-refractivity contribution in [2.24, 2.45) is 0 Å². The molecule has 0 aliphatic carbocycles. The van der Waals surface area contributed by atoms with E-state index in [-0.39, 0.29) is 16.1 Å². The fourth-order valence-electron chi connectivity index (χ4n) is 1.78. The number of halogens is 2. The first-order chi connectivity index (χ1) is 11.5. The highest BCUT2D eigenvalue weighted by molar-refractivity contribution is 6.33. The summed E-state index contributed by atoms with van der Waals surface area (Å²) in [5.74, 6) is -2.71. The van der Waals surface area contributed by atoms with Crippen LogP contribution in [0.3, 0.4) is 0 Å². The fraction of sp³-hybridized carbons (Fsp3) is 0.0625. The van der Waals surface area contributed by atoms with E-state index in [9.17, 15) is 18.8 Å². The van der Waals surface area contributed by atoms with Crippen LogP contribution in [0, 0.1) is 5.82 Å². The van der Waals surface area contributed by atoms with E-state index in [1.54, 1.807) is 12.1 Å². The summed E-state index contributed by atoms with van der Waals surface area (Å²) in [5, 5.41) is 2.48. The SMILES string of the molecule is O=C(CNC(=O)c1ccccc1F)NNC(=O)c1ccccc1Cl. The summed E-state index contributed by atoms with van der Waals surface area (Å²) in [6.07, 6.45) is 0. The fourth-order valence-corrected chi connectivity index (χ4v) is 2.01. The monoisotopic (exact) mass is 349 g/mol. The third kappa shape index (κ3) is 4.53. The number of carbonyl (C=O) groups excluding carboxylic acids is 3. The Kier molecular flexibility index (Phi) is 5.86. The maximum atomic E-state index is 13.4. The summed E-state index contributed by atoms with van der Waals surface area (Å²) in [7, 11) is 0. The van der Waals surface area contributed by atoms with E-state index in [0.717, 1.165) is 6.07 Å². The van der Waals surface area contributed by atoms with Gasteiger partial charge in [0.2, 0.25) is 0 Å². The number of hydrogen-bond acceptors (Lipinski definition) is 3. The largest absolute Gasteiger partial charge is 0.343 e. The highest BCUT2D eigenvalue weighted by Crippen LogP contribution is 2.14. The number of amides is 3. The second-order valence-corrected chi connectivity index (χ2v) is 5.05. The third-order valence-electron chi connectivity index (χ3n) is 2.96. The molecule has 0 aromatic heterocycles. The van der Waals surface area contributed by atoms with Crippen LogP contribution in [0.1, 0.15) is 20.7 Å². The maximum absolute atomic E-state index is 13.4. The van der Waals surface area contributed by atoms with Crippen molar-refractivity contribution >= 4 is 29.3 Å². The van der Waals surface area contributed by atoms with E-state index in [4.69, 9.17) is 11.6 Å². The molecule has 0 aliphatic rings. The van der Waals surface area contributed by atoms with Gasteiger partial charge in [-0.2, -0.15) is 0 Å². The van der Waals surface area contributed by atoms with Crippen LogP contribution < -0.4 is 16.2 Å². The zero-order chi connectivity index (χ0) is 17.5. The van der Waals surface area contributed by atoms with Gasteiger partial charge in [-0.25, -0.2) is 4.39 Å². The molecule has 2 rings (SSSR count). The van der Waals surface area contributed by atoms with Crippen molar-refractivity contribution in [2.75, 3.05) is 6.54 Å². The standard InChI is InChI=1S/C16H13ClFN3O3/c17-12-7-3-1-5-10(12)16(24)21-20-14(22)9-19-15(23)11-6-2-4-8-13(11)18/h1-8H,9H2,(H,19,23)(H,20,22)(H,21,24). The molecular weight excluding hydrogens is 337 g/mol. The lowest BCUT2D eigenvalue weighted by atomic mass is 10.2. The second-order valence-electron chi connectivity index (χ2n) is 4.64. The van der Waals surface area contributed by atoms with Gasteiger partial charge in [-0.15, -0.1) is 0 Å². The van der Waals surface area contributed by atoms with Crippen molar-refractivity contribution in [3.8, 4) is 0 Å². The Hall–Kier alpha value is -2.93. The molecule has 0 atom stereocenters. The van der Waals surface area contributed by atoms with Gasteiger partial charge < -0.3 is 5.32 Å². The van der Waals surface area contributed by atoms with Crippen molar-refractivity contribution in [2.45, 2.75) is 0 Å². The summed E-state index contributed by atoms with van der Waals surface area (Å²) >= 11 is 5.85. The van der Waals surface area contributed by atoms with E-state index in [0.29, 0.717) is 0 Å². The van der Waals surface area contributed by atoms with Gasteiger partial charge in [0.25, 0.3) is 17.7 Å². The second kappa shape index (κ2) is 8.07. The average Bonchev–Trinajstić information content (AvgIpc) is 2.58. The lowest BCUT2D eigenvalue weighted by Crippen LogP contribution is -2.46. The van der Waals surface area contributed by atoms with Gasteiger partial charge in [0.1, 0.15) is 5.82 Å². The number of benzene rings is 2. The molecule has 0 radical (unpaired) electrons. The Bertz CT molecular complexity index is 719. The normalized spacial score (nSPS) is 9.92.